The minimum Gasteiger partial charge on any atom is -0.480 e. The van der Waals surface area contributed by atoms with E-state index in [9.17, 15) is 4.79 Å². The van der Waals surface area contributed by atoms with Crippen LogP contribution >= 0.6 is 0 Å². The highest BCUT2D eigenvalue weighted by atomic mass is 16.5. The highest BCUT2D eigenvalue weighted by Crippen LogP contribution is 2.16. The molecule has 1 aliphatic heterocycles. The lowest BCUT2D eigenvalue weighted by Crippen LogP contribution is -2.48. The van der Waals surface area contributed by atoms with Crippen molar-refractivity contribution in [1.82, 2.24) is 4.90 Å². The van der Waals surface area contributed by atoms with E-state index >= 15 is 0 Å². The second-order valence-electron chi connectivity index (χ2n) is 3.76. The number of nitrogens with zero attached hydrogens (tertiary/aromatic N) is 1. The number of ether oxygens (including phenoxy) is 1. The summed E-state index contributed by atoms with van der Waals surface area (Å²) in [6, 6.07) is -0.340. The number of hydrogen-bond donors (Lipinski definition) is 1. The molecule has 0 amide bonds. The molecule has 0 saturated carbocycles. The van der Waals surface area contributed by atoms with Crippen LogP contribution in [0.2, 0.25) is 0 Å². The maximum Gasteiger partial charge on any atom is 0.320 e. The fourth-order valence-corrected chi connectivity index (χ4v) is 2.03. The first-order chi connectivity index (χ1) is 6.69. The SMILES string of the molecule is CC[C@@H](C(=O)O)N1CCC[C@@H](OC)C1. The zero-order valence-electron chi connectivity index (χ0n) is 8.90. The number of carboxylic acid groups (broad SMARTS) is 1. The predicted octanol–water partition coefficient (Wildman–Crippen LogP) is 0.960. The maximum absolute atomic E-state index is 10.9. The van der Waals surface area contributed by atoms with Crippen molar-refractivity contribution in [1.29, 1.82) is 0 Å². The van der Waals surface area contributed by atoms with Gasteiger partial charge in [-0.2, -0.15) is 0 Å². The summed E-state index contributed by atoms with van der Waals surface area (Å²) in [5.74, 6) is -0.718. The van der Waals surface area contributed by atoms with E-state index in [1.54, 1.807) is 7.11 Å². The van der Waals surface area contributed by atoms with E-state index < -0.39 is 5.97 Å². The largest absolute Gasteiger partial charge is 0.480 e. The first-order valence-corrected chi connectivity index (χ1v) is 5.18. The molecule has 1 aliphatic rings. The Morgan fingerprint density at radius 1 is 1.71 bits per heavy atom. The summed E-state index contributed by atoms with van der Waals surface area (Å²) in [6.07, 6.45) is 2.94. The molecule has 0 aliphatic carbocycles. The minimum absolute atomic E-state index is 0.206. The van der Waals surface area contributed by atoms with E-state index in [4.69, 9.17) is 9.84 Å². The van der Waals surface area contributed by atoms with Crippen molar-refractivity contribution in [3.63, 3.8) is 0 Å². The molecule has 0 unspecified atom stereocenters. The number of piperidine rings is 1. The van der Waals surface area contributed by atoms with Crippen LogP contribution in [-0.4, -0.2) is 48.3 Å². The molecule has 4 nitrogen and oxygen atoms in total. The summed E-state index contributed by atoms with van der Waals surface area (Å²) < 4.78 is 5.26. The number of rotatable bonds is 4. The van der Waals surface area contributed by atoms with Gasteiger partial charge in [-0.25, -0.2) is 0 Å². The van der Waals surface area contributed by atoms with Gasteiger partial charge in [0.25, 0.3) is 0 Å². The van der Waals surface area contributed by atoms with Gasteiger partial charge in [-0.15, -0.1) is 0 Å². The molecule has 0 bridgehead atoms. The van der Waals surface area contributed by atoms with Gasteiger partial charge in [-0.3, -0.25) is 9.69 Å². The average Bonchev–Trinajstić information content (AvgIpc) is 2.19. The Morgan fingerprint density at radius 3 is 2.93 bits per heavy atom. The Kier molecular flexibility index (Phi) is 4.35. The summed E-state index contributed by atoms with van der Waals surface area (Å²) in [7, 11) is 1.69. The average molecular weight is 201 g/mol. The number of carboxylic acids is 1. The first kappa shape index (κ1) is 11.5. The topological polar surface area (TPSA) is 49.8 Å². The van der Waals surface area contributed by atoms with Crippen LogP contribution in [0, 0.1) is 0 Å². The third-order valence-corrected chi connectivity index (χ3v) is 2.86. The van der Waals surface area contributed by atoms with Crippen LogP contribution in [0.3, 0.4) is 0 Å². The highest BCUT2D eigenvalue weighted by molar-refractivity contribution is 5.73. The van der Waals surface area contributed by atoms with Gasteiger partial charge in [0, 0.05) is 13.7 Å². The van der Waals surface area contributed by atoms with Crippen molar-refractivity contribution in [2.45, 2.75) is 38.3 Å². The van der Waals surface area contributed by atoms with Gasteiger partial charge in [0.05, 0.1) is 6.10 Å². The standard InChI is InChI=1S/C10H19NO3/c1-3-9(10(12)13)11-6-4-5-8(7-11)14-2/h8-9H,3-7H2,1-2H3,(H,12,13)/t8-,9+/m1/s1. The lowest BCUT2D eigenvalue weighted by molar-refractivity contribution is -0.144. The monoisotopic (exact) mass is 201 g/mol. The van der Waals surface area contributed by atoms with Crippen molar-refractivity contribution in [3.05, 3.63) is 0 Å². The molecular formula is C10H19NO3. The third-order valence-electron chi connectivity index (χ3n) is 2.86. The van der Waals surface area contributed by atoms with Crippen LogP contribution in [0.25, 0.3) is 0 Å². The zero-order valence-corrected chi connectivity index (χ0v) is 8.90. The molecule has 1 saturated heterocycles. The Balaban J connectivity index is 2.53. The van der Waals surface area contributed by atoms with Crippen LogP contribution in [0.5, 0.6) is 0 Å². The van der Waals surface area contributed by atoms with Crippen LogP contribution in [0.15, 0.2) is 0 Å². The summed E-state index contributed by atoms with van der Waals surface area (Å²) in [4.78, 5) is 13.0. The maximum atomic E-state index is 10.9. The van der Waals surface area contributed by atoms with E-state index in [-0.39, 0.29) is 12.1 Å². The Morgan fingerprint density at radius 2 is 2.43 bits per heavy atom. The van der Waals surface area contributed by atoms with Gasteiger partial charge in [-0.1, -0.05) is 6.92 Å². The van der Waals surface area contributed by atoms with Crippen molar-refractivity contribution < 1.29 is 14.6 Å². The molecule has 4 heteroatoms. The molecule has 1 heterocycles. The second-order valence-corrected chi connectivity index (χ2v) is 3.76. The first-order valence-electron chi connectivity index (χ1n) is 5.18. The molecular weight excluding hydrogens is 182 g/mol. The third kappa shape index (κ3) is 2.69. The van der Waals surface area contributed by atoms with E-state index in [0.29, 0.717) is 6.42 Å². The molecule has 0 spiro atoms. The van der Waals surface area contributed by atoms with Gasteiger partial charge in [0.1, 0.15) is 6.04 Å². The quantitative estimate of drug-likeness (QED) is 0.736. The van der Waals surface area contributed by atoms with Crippen molar-refractivity contribution in [3.8, 4) is 0 Å². The van der Waals surface area contributed by atoms with E-state index in [1.165, 1.54) is 0 Å². The predicted molar refractivity (Wildman–Crippen MR) is 53.3 cm³/mol. The Hall–Kier alpha value is -0.610. The number of likely N-dealkylation sites (tertiary alicyclic amines) is 1. The normalized spacial score (nSPS) is 26.0. The van der Waals surface area contributed by atoms with Gasteiger partial charge in [-0.05, 0) is 25.8 Å². The highest BCUT2D eigenvalue weighted by Gasteiger charge is 2.28. The van der Waals surface area contributed by atoms with E-state index in [1.807, 2.05) is 11.8 Å². The fraction of sp³-hybridized carbons (Fsp3) is 0.900. The van der Waals surface area contributed by atoms with Crippen molar-refractivity contribution in [2.75, 3.05) is 20.2 Å². The number of aliphatic carboxylic acids is 1. The smallest absolute Gasteiger partial charge is 0.320 e. The molecule has 0 aromatic rings. The van der Waals surface area contributed by atoms with Crippen LogP contribution in [0.4, 0.5) is 0 Å². The second kappa shape index (κ2) is 5.32. The molecule has 0 aromatic carbocycles. The number of hydrogen-bond acceptors (Lipinski definition) is 3. The summed E-state index contributed by atoms with van der Waals surface area (Å²) in [5.41, 5.74) is 0. The zero-order chi connectivity index (χ0) is 10.6. The van der Waals surface area contributed by atoms with Crippen molar-refractivity contribution in [2.24, 2.45) is 0 Å². The summed E-state index contributed by atoms with van der Waals surface area (Å²) >= 11 is 0. The Bertz CT molecular complexity index is 196. The molecule has 0 radical (unpaired) electrons. The number of methoxy groups -OCH3 is 1. The fourth-order valence-electron chi connectivity index (χ4n) is 2.03. The molecule has 1 rings (SSSR count). The van der Waals surface area contributed by atoms with Gasteiger partial charge < -0.3 is 9.84 Å². The molecule has 1 N–H and O–H groups in total. The molecule has 82 valence electrons. The van der Waals surface area contributed by atoms with Gasteiger partial charge >= 0.3 is 5.97 Å². The minimum atomic E-state index is -0.718. The molecule has 0 aromatic heterocycles. The summed E-state index contributed by atoms with van der Waals surface area (Å²) in [6.45, 7) is 3.54. The molecule has 1 fully saturated rings. The van der Waals surface area contributed by atoms with Crippen LogP contribution < -0.4 is 0 Å². The van der Waals surface area contributed by atoms with Crippen molar-refractivity contribution >= 4 is 5.97 Å². The van der Waals surface area contributed by atoms with E-state index in [2.05, 4.69) is 0 Å². The number of carbonyl (C=O) groups is 1. The Labute approximate surface area is 84.8 Å². The molecule has 14 heavy (non-hydrogen) atoms. The van der Waals surface area contributed by atoms with Gasteiger partial charge in [0.15, 0.2) is 0 Å². The van der Waals surface area contributed by atoms with Crippen LogP contribution in [0.1, 0.15) is 26.2 Å². The molecule has 2 atom stereocenters. The van der Waals surface area contributed by atoms with Gasteiger partial charge in [0.2, 0.25) is 0 Å². The summed E-state index contributed by atoms with van der Waals surface area (Å²) in [5, 5.41) is 9.00. The van der Waals surface area contributed by atoms with E-state index in [0.717, 1.165) is 25.9 Å². The lowest BCUT2D eigenvalue weighted by Gasteiger charge is -2.35. The van der Waals surface area contributed by atoms with Crippen LogP contribution in [-0.2, 0) is 9.53 Å². The lowest BCUT2D eigenvalue weighted by atomic mass is 10.0.